The molecule has 1 N–H and O–H groups in total. The van der Waals surface area contributed by atoms with Crippen LogP contribution >= 0.6 is 0 Å². The summed E-state index contributed by atoms with van der Waals surface area (Å²) in [6, 6.07) is 10.9. The van der Waals surface area contributed by atoms with E-state index in [1.54, 1.807) is 0 Å². The van der Waals surface area contributed by atoms with Crippen molar-refractivity contribution in [1.82, 2.24) is 5.32 Å². The van der Waals surface area contributed by atoms with Crippen molar-refractivity contribution < 1.29 is 9.28 Å². The lowest BCUT2D eigenvalue weighted by molar-refractivity contribution is -0.903. The molecule has 2 fully saturated rings. The summed E-state index contributed by atoms with van der Waals surface area (Å²) in [5.41, 5.74) is 1.95. The van der Waals surface area contributed by atoms with Gasteiger partial charge in [-0.25, -0.2) is 0 Å². The molecule has 0 heterocycles. The number of carbonyl (C=O) groups excluding carboxylic acids is 1. The van der Waals surface area contributed by atoms with Crippen LogP contribution in [0.25, 0.3) is 0 Å². The van der Waals surface area contributed by atoms with Crippen LogP contribution in [0.4, 0.5) is 0 Å². The second-order valence-electron chi connectivity index (χ2n) is 9.78. The van der Waals surface area contributed by atoms with Gasteiger partial charge in [-0.3, -0.25) is 4.79 Å². The van der Waals surface area contributed by atoms with Crippen LogP contribution in [-0.2, 0) is 11.3 Å². The lowest BCUT2D eigenvalue weighted by Crippen LogP contribution is -2.48. The molecule has 0 aliphatic heterocycles. The van der Waals surface area contributed by atoms with Crippen LogP contribution in [-0.4, -0.2) is 37.1 Å². The third kappa shape index (κ3) is 3.48. The van der Waals surface area contributed by atoms with Crippen molar-refractivity contribution in [3.05, 3.63) is 35.9 Å². The molecule has 3 nitrogen and oxygen atoms in total. The van der Waals surface area contributed by atoms with Crippen molar-refractivity contribution in [2.75, 3.05) is 20.6 Å². The van der Waals surface area contributed by atoms with Crippen molar-refractivity contribution >= 4 is 5.91 Å². The predicted molar refractivity (Wildman–Crippen MR) is 103 cm³/mol. The van der Waals surface area contributed by atoms with Crippen molar-refractivity contribution in [2.24, 2.45) is 16.7 Å². The first-order valence-electron chi connectivity index (χ1n) is 9.79. The van der Waals surface area contributed by atoms with Crippen LogP contribution in [0.3, 0.4) is 0 Å². The van der Waals surface area contributed by atoms with Crippen molar-refractivity contribution in [3.63, 3.8) is 0 Å². The molecule has 0 saturated heterocycles. The van der Waals surface area contributed by atoms with E-state index >= 15 is 0 Å². The Kier molecular flexibility index (Phi) is 4.74. The number of amides is 1. The first kappa shape index (κ1) is 18.4. The van der Waals surface area contributed by atoms with E-state index in [-0.39, 0.29) is 11.3 Å². The molecule has 25 heavy (non-hydrogen) atoms. The smallest absolute Gasteiger partial charge is 0.225 e. The van der Waals surface area contributed by atoms with E-state index < -0.39 is 0 Å². The fourth-order valence-electron chi connectivity index (χ4n) is 5.25. The molecule has 2 bridgehead atoms. The average molecular weight is 344 g/mol. The fraction of sp³-hybridized carbons (Fsp3) is 0.682. The molecular formula is C22H35N2O+. The molecule has 2 aliphatic carbocycles. The van der Waals surface area contributed by atoms with Crippen LogP contribution in [0.2, 0.25) is 0 Å². The van der Waals surface area contributed by atoms with Gasteiger partial charge < -0.3 is 9.80 Å². The van der Waals surface area contributed by atoms with Gasteiger partial charge in [-0.2, -0.15) is 0 Å². The molecule has 138 valence electrons. The summed E-state index contributed by atoms with van der Waals surface area (Å²) < 4.78 is 0.841. The van der Waals surface area contributed by atoms with Crippen LogP contribution in [0.1, 0.15) is 52.0 Å². The predicted octanol–water partition coefficient (Wildman–Crippen LogP) is 3.98. The summed E-state index contributed by atoms with van der Waals surface area (Å²) in [5.74, 6) is 1.00. The molecule has 1 aromatic carbocycles. The highest BCUT2D eigenvalue weighted by Gasteiger charge is 2.61. The molecule has 3 heteroatoms. The Labute approximate surface area is 153 Å². The minimum absolute atomic E-state index is 0.230. The number of rotatable bonds is 6. The number of carbonyl (C=O) groups is 1. The highest BCUT2D eigenvalue weighted by atomic mass is 16.1. The maximum absolute atomic E-state index is 12.6. The summed E-state index contributed by atoms with van der Waals surface area (Å²) in [6.07, 6.45) is 4.36. The van der Waals surface area contributed by atoms with Gasteiger partial charge in [0.05, 0.1) is 27.1 Å². The van der Waals surface area contributed by atoms with Gasteiger partial charge in [0.15, 0.2) is 0 Å². The number of quaternary nitrogens is 1. The minimum Gasteiger partial charge on any atom is -0.353 e. The van der Waals surface area contributed by atoms with Gasteiger partial charge in [0.25, 0.3) is 0 Å². The molecule has 2 saturated carbocycles. The maximum atomic E-state index is 12.6. The molecule has 0 aromatic heterocycles. The minimum atomic E-state index is 0.230. The van der Waals surface area contributed by atoms with E-state index in [9.17, 15) is 4.79 Å². The van der Waals surface area contributed by atoms with Crippen LogP contribution in [0, 0.1) is 16.7 Å². The van der Waals surface area contributed by atoms with Gasteiger partial charge in [0.2, 0.25) is 5.91 Å². The van der Waals surface area contributed by atoms with Crippen LogP contribution in [0.5, 0.6) is 0 Å². The zero-order valence-corrected chi connectivity index (χ0v) is 16.6. The van der Waals surface area contributed by atoms with E-state index in [2.05, 4.69) is 64.4 Å². The summed E-state index contributed by atoms with van der Waals surface area (Å²) >= 11 is 0. The molecule has 3 rings (SSSR count). The molecule has 1 aromatic rings. The monoisotopic (exact) mass is 343 g/mol. The topological polar surface area (TPSA) is 29.1 Å². The van der Waals surface area contributed by atoms with E-state index in [0.717, 1.165) is 29.9 Å². The van der Waals surface area contributed by atoms with Crippen LogP contribution in [0.15, 0.2) is 30.3 Å². The molecule has 1 amide bonds. The summed E-state index contributed by atoms with van der Waals surface area (Å²) in [6.45, 7) is 9.02. The highest BCUT2D eigenvalue weighted by Crippen LogP contribution is 2.65. The fourth-order valence-corrected chi connectivity index (χ4v) is 5.25. The van der Waals surface area contributed by atoms with E-state index in [0.29, 0.717) is 17.9 Å². The van der Waals surface area contributed by atoms with E-state index in [4.69, 9.17) is 0 Å². The Morgan fingerprint density at radius 1 is 1.20 bits per heavy atom. The second kappa shape index (κ2) is 6.42. The summed E-state index contributed by atoms with van der Waals surface area (Å²) in [4.78, 5) is 12.6. The maximum Gasteiger partial charge on any atom is 0.225 e. The zero-order valence-electron chi connectivity index (χ0n) is 16.6. The summed E-state index contributed by atoms with van der Waals surface area (Å²) in [7, 11) is 4.42. The Balaban J connectivity index is 1.52. The van der Waals surface area contributed by atoms with Crippen molar-refractivity contribution in [1.29, 1.82) is 0 Å². The Hall–Kier alpha value is -1.35. The average Bonchev–Trinajstić information content (AvgIpc) is 2.87. The Morgan fingerprint density at radius 2 is 1.88 bits per heavy atom. The number of hydrogen-bond donors (Lipinski definition) is 1. The normalized spacial score (nSPS) is 30.4. The number of benzene rings is 1. The first-order chi connectivity index (χ1) is 11.6. The van der Waals surface area contributed by atoms with Gasteiger partial charge in [-0.05, 0) is 36.0 Å². The van der Waals surface area contributed by atoms with E-state index in [1.807, 2.05) is 6.07 Å². The Bertz CT molecular complexity index is 622. The van der Waals surface area contributed by atoms with Gasteiger partial charge in [-0.15, -0.1) is 0 Å². The zero-order chi connectivity index (χ0) is 18.3. The number of fused-ring (bicyclic) bond motifs is 2. The lowest BCUT2D eigenvalue weighted by atomic mass is 9.69. The first-order valence-corrected chi connectivity index (χ1v) is 9.79. The van der Waals surface area contributed by atoms with E-state index in [1.165, 1.54) is 18.4 Å². The van der Waals surface area contributed by atoms with Gasteiger partial charge in [-0.1, -0.05) is 51.1 Å². The third-order valence-electron chi connectivity index (χ3n) is 7.53. The summed E-state index contributed by atoms with van der Waals surface area (Å²) in [5, 5.41) is 3.39. The second-order valence-corrected chi connectivity index (χ2v) is 9.78. The highest BCUT2D eigenvalue weighted by molar-refractivity contribution is 5.76. The Morgan fingerprint density at radius 3 is 2.44 bits per heavy atom. The van der Waals surface area contributed by atoms with Gasteiger partial charge in [0.1, 0.15) is 6.54 Å². The molecule has 0 spiro atoms. The lowest BCUT2D eigenvalue weighted by Gasteiger charge is -2.39. The molecule has 0 unspecified atom stereocenters. The molecule has 3 atom stereocenters. The van der Waals surface area contributed by atoms with Crippen molar-refractivity contribution in [2.45, 2.75) is 59.0 Å². The third-order valence-corrected chi connectivity index (χ3v) is 7.53. The number of nitrogens with zero attached hydrogens (tertiary/aromatic N) is 1. The quantitative estimate of drug-likeness (QED) is 0.778. The molecular weight excluding hydrogens is 308 g/mol. The number of nitrogens with one attached hydrogen (secondary N) is 1. The van der Waals surface area contributed by atoms with Gasteiger partial charge >= 0.3 is 0 Å². The van der Waals surface area contributed by atoms with Crippen molar-refractivity contribution in [3.8, 4) is 0 Å². The molecule has 2 aliphatic rings. The van der Waals surface area contributed by atoms with Crippen LogP contribution < -0.4 is 5.32 Å². The van der Waals surface area contributed by atoms with Gasteiger partial charge in [0, 0.05) is 11.6 Å². The SMILES string of the molecule is CC1(C)[C@@H]2CC[C@@]1(C)[C@@H](NC(=O)CC[N+](C)(C)Cc1ccccc1)C2. The molecule has 0 radical (unpaired) electrons. The number of hydrogen-bond acceptors (Lipinski definition) is 1. The standard InChI is InChI=1S/C22H34N2O/c1-21(2)18-11-13-22(21,3)19(15-18)23-20(25)12-14-24(4,5)16-17-9-7-6-8-10-17/h6-10,18-19H,11-16H2,1-5H3/p+1/t18-,19+,22+/m1/s1. The largest absolute Gasteiger partial charge is 0.353 e.